The molecule has 96 valence electrons. The lowest BCUT2D eigenvalue weighted by molar-refractivity contribution is 0.460. The summed E-state index contributed by atoms with van der Waals surface area (Å²) in [5, 5.41) is 3.22. The van der Waals surface area contributed by atoms with E-state index in [1.54, 1.807) is 12.1 Å². The van der Waals surface area contributed by atoms with E-state index in [9.17, 15) is 8.78 Å². The molecule has 1 unspecified atom stereocenters. The summed E-state index contributed by atoms with van der Waals surface area (Å²) in [6.07, 6.45) is 2.20. The third kappa shape index (κ3) is 4.43. The Hall–Kier alpha value is -0.960. The zero-order valence-electron chi connectivity index (χ0n) is 10.8. The highest BCUT2D eigenvalue weighted by molar-refractivity contribution is 5.21. The Balaban J connectivity index is 2.47. The first-order valence-electron chi connectivity index (χ1n) is 6.19. The number of rotatable bonds is 6. The van der Waals surface area contributed by atoms with E-state index in [0.29, 0.717) is 11.5 Å². The molecule has 0 aliphatic heterocycles. The standard InChI is InChI=1S/C14H21F2N/c1-10(2)6-5-9-17-11(3)12-7-4-8-13(15)14(12)16/h4,7-8,10-11,17H,5-6,9H2,1-3H3. The van der Waals surface area contributed by atoms with Crippen LogP contribution in [0.3, 0.4) is 0 Å². The van der Waals surface area contributed by atoms with Crippen LogP contribution in [0, 0.1) is 17.6 Å². The van der Waals surface area contributed by atoms with Crippen molar-refractivity contribution in [2.24, 2.45) is 5.92 Å². The maximum absolute atomic E-state index is 13.5. The predicted octanol–water partition coefficient (Wildman–Crippen LogP) is 4.05. The van der Waals surface area contributed by atoms with Gasteiger partial charge in [-0.2, -0.15) is 0 Å². The van der Waals surface area contributed by atoms with Crippen LogP contribution in [0.1, 0.15) is 45.2 Å². The lowest BCUT2D eigenvalue weighted by Crippen LogP contribution is -2.21. The van der Waals surface area contributed by atoms with E-state index in [4.69, 9.17) is 0 Å². The van der Waals surface area contributed by atoms with Crippen LogP contribution in [0.4, 0.5) is 8.78 Å². The molecule has 0 amide bonds. The number of nitrogens with one attached hydrogen (secondary N) is 1. The summed E-state index contributed by atoms with van der Waals surface area (Å²) in [6.45, 7) is 7.04. The molecule has 0 fully saturated rings. The van der Waals surface area contributed by atoms with Gasteiger partial charge in [-0.15, -0.1) is 0 Å². The van der Waals surface area contributed by atoms with Crippen molar-refractivity contribution in [2.45, 2.75) is 39.7 Å². The molecular weight excluding hydrogens is 220 g/mol. The maximum Gasteiger partial charge on any atom is 0.163 e. The van der Waals surface area contributed by atoms with Crippen LogP contribution in [-0.2, 0) is 0 Å². The predicted molar refractivity (Wildman–Crippen MR) is 66.8 cm³/mol. The van der Waals surface area contributed by atoms with Gasteiger partial charge in [0.25, 0.3) is 0 Å². The number of hydrogen-bond donors (Lipinski definition) is 1. The lowest BCUT2D eigenvalue weighted by Gasteiger charge is -2.15. The van der Waals surface area contributed by atoms with E-state index in [2.05, 4.69) is 19.2 Å². The van der Waals surface area contributed by atoms with Crippen LogP contribution >= 0.6 is 0 Å². The van der Waals surface area contributed by atoms with Gasteiger partial charge in [-0.3, -0.25) is 0 Å². The van der Waals surface area contributed by atoms with Crippen molar-refractivity contribution in [3.63, 3.8) is 0 Å². The zero-order valence-corrected chi connectivity index (χ0v) is 10.8. The quantitative estimate of drug-likeness (QED) is 0.741. The van der Waals surface area contributed by atoms with Crippen molar-refractivity contribution < 1.29 is 8.78 Å². The second kappa shape index (κ2) is 6.70. The summed E-state index contributed by atoms with van der Waals surface area (Å²) >= 11 is 0. The van der Waals surface area contributed by atoms with E-state index in [1.807, 2.05) is 6.92 Å². The van der Waals surface area contributed by atoms with Crippen molar-refractivity contribution in [3.8, 4) is 0 Å². The Bertz CT molecular complexity index is 350. The first-order chi connectivity index (χ1) is 8.02. The van der Waals surface area contributed by atoms with E-state index in [-0.39, 0.29) is 6.04 Å². The summed E-state index contributed by atoms with van der Waals surface area (Å²) in [4.78, 5) is 0. The van der Waals surface area contributed by atoms with Crippen molar-refractivity contribution >= 4 is 0 Å². The van der Waals surface area contributed by atoms with Crippen molar-refractivity contribution in [2.75, 3.05) is 6.54 Å². The molecule has 0 heterocycles. The number of halogens is 2. The van der Waals surface area contributed by atoms with Gasteiger partial charge in [0.15, 0.2) is 11.6 Å². The molecule has 0 aliphatic rings. The molecule has 0 saturated heterocycles. The molecule has 17 heavy (non-hydrogen) atoms. The van der Waals surface area contributed by atoms with Gasteiger partial charge in [-0.25, -0.2) is 8.78 Å². The lowest BCUT2D eigenvalue weighted by atomic mass is 10.1. The minimum Gasteiger partial charge on any atom is -0.310 e. The average molecular weight is 241 g/mol. The summed E-state index contributed by atoms with van der Waals surface area (Å²) in [5.74, 6) is -0.840. The molecule has 1 aromatic rings. The monoisotopic (exact) mass is 241 g/mol. The summed E-state index contributed by atoms with van der Waals surface area (Å²) in [7, 11) is 0. The molecular formula is C14H21F2N. The number of hydrogen-bond acceptors (Lipinski definition) is 1. The highest BCUT2D eigenvalue weighted by Crippen LogP contribution is 2.18. The van der Waals surface area contributed by atoms with Gasteiger partial charge in [0.1, 0.15) is 0 Å². The second-order valence-electron chi connectivity index (χ2n) is 4.85. The smallest absolute Gasteiger partial charge is 0.163 e. The third-order valence-electron chi connectivity index (χ3n) is 2.86. The van der Waals surface area contributed by atoms with Crippen LogP contribution in [0.5, 0.6) is 0 Å². The molecule has 0 spiro atoms. The first-order valence-corrected chi connectivity index (χ1v) is 6.19. The molecule has 1 atom stereocenters. The molecule has 1 nitrogen and oxygen atoms in total. The van der Waals surface area contributed by atoms with Crippen molar-refractivity contribution in [1.82, 2.24) is 5.32 Å². The van der Waals surface area contributed by atoms with Crippen LogP contribution in [0.2, 0.25) is 0 Å². The maximum atomic E-state index is 13.5. The molecule has 0 saturated carbocycles. The van der Waals surface area contributed by atoms with E-state index in [0.717, 1.165) is 25.5 Å². The molecule has 1 N–H and O–H groups in total. The normalized spacial score (nSPS) is 13.1. The van der Waals surface area contributed by atoms with Crippen molar-refractivity contribution in [1.29, 1.82) is 0 Å². The van der Waals surface area contributed by atoms with Gasteiger partial charge in [0.2, 0.25) is 0 Å². The third-order valence-corrected chi connectivity index (χ3v) is 2.86. The fourth-order valence-corrected chi connectivity index (χ4v) is 1.79. The summed E-state index contributed by atoms with van der Waals surface area (Å²) in [6, 6.07) is 4.15. The van der Waals surface area contributed by atoms with Gasteiger partial charge in [-0.1, -0.05) is 26.0 Å². The van der Waals surface area contributed by atoms with E-state index in [1.165, 1.54) is 0 Å². The SMILES string of the molecule is CC(C)CCCNC(C)c1cccc(F)c1F. The Morgan fingerprint density at radius 2 is 1.88 bits per heavy atom. The van der Waals surface area contributed by atoms with E-state index < -0.39 is 11.6 Å². The highest BCUT2D eigenvalue weighted by Gasteiger charge is 2.13. The Morgan fingerprint density at radius 3 is 2.53 bits per heavy atom. The van der Waals surface area contributed by atoms with Crippen LogP contribution in [0.15, 0.2) is 18.2 Å². The average Bonchev–Trinajstić information content (AvgIpc) is 2.27. The topological polar surface area (TPSA) is 12.0 Å². The summed E-state index contributed by atoms with van der Waals surface area (Å²) < 4.78 is 26.5. The molecule has 0 bridgehead atoms. The fraction of sp³-hybridized carbons (Fsp3) is 0.571. The molecule has 0 aliphatic carbocycles. The van der Waals surface area contributed by atoms with Gasteiger partial charge >= 0.3 is 0 Å². The van der Waals surface area contributed by atoms with Gasteiger partial charge < -0.3 is 5.32 Å². The molecule has 0 aromatic heterocycles. The van der Waals surface area contributed by atoms with E-state index >= 15 is 0 Å². The second-order valence-corrected chi connectivity index (χ2v) is 4.85. The Kier molecular flexibility index (Phi) is 5.56. The van der Waals surface area contributed by atoms with Gasteiger partial charge in [0.05, 0.1) is 0 Å². The Labute approximate surface area is 102 Å². The van der Waals surface area contributed by atoms with Gasteiger partial charge in [-0.05, 0) is 38.3 Å². The molecule has 1 aromatic carbocycles. The molecule has 0 radical (unpaired) electrons. The Morgan fingerprint density at radius 1 is 1.18 bits per heavy atom. The summed E-state index contributed by atoms with van der Waals surface area (Å²) in [5.41, 5.74) is 0.398. The first kappa shape index (κ1) is 14.1. The van der Waals surface area contributed by atoms with Crippen molar-refractivity contribution in [3.05, 3.63) is 35.4 Å². The highest BCUT2D eigenvalue weighted by atomic mass is 19.2. The van der Waals surface area contributed by atoms with Gasteiger partial charge in [0, 0.05) is 11.6 Å². The largest absolute Gasteiger partial charge is 0.310 e. The van der Waals surface area contributed by atoms with Crippen LogP contribution < -0.4 is 5.32 Å². The minimum absolute atomic E-state index is 0.155. The van der Waals surface area contributed by atoms with Crippen LogP contribution in [0.25, 0.3) is 0 Å². The fourth-order valence-electron chi connectivity index (χ4n) is 1.79. The molecule has 3 heteroatoms. The number of benzene rings is 1. The molecule has 1 rings (SSSR count). The minimum atomic E-state index is -0.779. The zero-order chi connectivity index (χ0) is 12.8. The van der Waals surface area contributed by atoms with Crippen LogP contribution in [-0.4, -0.2) is 6.54 Å².